The van der Waals surface area contributed by atoms with Crippen molar-refractivity contribution in [1.82, 2.24) is 4.90 Å². The van der Waals surface area contributed by atoms with Crippen LogP contribution in [0.4, 0.5) is 0 Å². The molecule has 15 heavy (non-hydrogen) atoms. The van der Waals surface area contributed by atoms with Gasteiger partial charge in [-0.15, -0.1) is 0 Å². The predicted octanol–water partition coefficient (Wildman–Crippen LogP) is 1.51. The summed E-state index contributed by atoms with van der Waals surface area (Å²) in [5.41, 5.74) is 1.22. The highest BCUT2D eigenvalue weighted by molar-refractivity contribution is 5.62. The van der Waals surface area contributed by atoms with Crippen LogP contribution in [0.25, 0.3) is 0 Å². The topological polar surface area (TPSA) is 44.2 Å². The average Bonchev–Trinajstić information content (AvgIpc) is 2.73. The molecule has 3 nitrogen and oxygen atoms in total. The molecule has 1 aromatic rings. The Morgan fingerprint density at radius 1 is 1.27 bits per heavy atom. The van der Waals surface area contributed by atoms with E-state index < -0.39 is 0 Å². The van der Waals surface area contributed by atoms with Gasteiger partial charge in [-0.05, 0) is 5.56 Å². The number of amides is 1. The van der Waals surface area contributed by atoms with Crippen LogP contribution in [0, 0.1) is 11.3 Å². The number of nitrogens with zero attached hydrogens (tertiary/aromatic N) is 1. The fourth-order valence-corrected chi connectivity index (χ4v) is 2.17. The number of likely N-dealkylation sites (tertiary alicyclic amines) is 1. The van der Waals surface area contributed by atoms with E-state index in [0.717, 1.165) is 13.0 Å². The summed E-state index contributed by atoms with van der Waals surface area (Å²) < 4.78 is 0. The van der Waals surface area contributed by atoms with Gasteiger partial charge >= 0.3 is 0 Å². The van der Waals surface area contributed by atoms with Gasteiger partial charge in [-0.3, -0.25) is 4.79 Å². The summed E-state index contributed by atoms with van der Waals surface area (Å²) in [4.78, 5) is 12.4. The lowest BCUT2D eigenvalue weighted by Gasteiger charge is -2.13. The van der Waals surface area contributed by atoms with Gasteiger partial charge in [0.05, 0.1) is 0 Å². The van der Waals surface area contributed by atoms with Crippen LogP contribution >= 0.6 is 0 Å². The van der Waals surface area contributed by atoms with Crippen LogP contribution in [0.15, 0.2) is 30.3 Å². The monoisotopic (exact) mass is 202 g/mol. The van der Waals surface area contributed by atoms with E-state index in [4.69, 9.17) is 5.41 Å². The summed E-state index contributed by atoms with van der Waals surface area (Å²) in [6, 6.07) is 10.1. The molecule has 1 heterocycles. The molecule has 1 aliphatic rings. The average molecular weight is 202 g/mol. The lowest BCUT2D eigenvalue weighted by atomic mass is 9.90. The standard InChI is InChI=1S/C12H14N2O/c13-6-11-7-14(9-15)8-12(11)10-4-2-1-3-5-10/h1-6,9,11-13H,7-8H2. The maximum absolute atomic E-state index is 10.7. The minimum Gasteiger partial charge on any atom is -0.344 e. The van der Waals surface area contributed by atoms with E-state index in [1.807, 2.05) is 18.2 Å². The Morgan fingerprint density at radius 2 is 2.00 bits per heavy atom. The van der Waals surface area contributed by atoms with E-state index in [1.165, 1.54) is 11.8 Å². The second-order valence-electron chi connectivity index (χ2n) is 3.91. The summed E-state index contributed by atoms with van der Waals surface area (Å²) in [7, 11) is 0. The molecule has 0 aliphatic carbocycles. The first kappa shape index (κ1) is 9.90. The van der Waals surface area contributed by atoms with E-state index in [-0.39, 0.29) is 11.8 Å². The van der Waals surface area contributed by atoms with Gasteiger partial charge in [0.15, 0.2) is 0 Å². The van der Waals surface area contributed by atoms with Gasteiger partial charge in [0, 0.05) is 31.1 Å². The number of rotatable bonds is 3. The van der Waals surface area contributed by atoms with Crippen molar-refractivity contribution in [2.75, 3.05) is 13.1 Å². The molecule has 1 N–H and O–H groups in total. The SMILES string of the molecule is N=CC1CN(C=O)CC1c1ccccc1. The Kier molecular flexibility index (Phi) is 2.81. The van der Waals surface area contributed by atoms with Crippen LogP contribution in [0.3, 0.4) is 0 Å². The van der Waals surface area contributed by atoms with E-state index in [0.29, 0.717) is 6.54 Å². The van der Waals surface area contributed by atoms with Gasteiger partial charge in [0.25, 0.3) is 0 Å². The Labute approximate surface area is 89.2 Å². The number of carbonyl (C=O) groups excluding carboxylic acids is 1. The van der Waals surface area contributed by atoms with Crippen molar-refractivity contribution in [3.8, 4) is 0 Å². The number of hydrogen-bond acceptors (Lipinski definition) is 2. The van der Waals surface area contributed by atoms with Gasteiger partial charge in [0.2, 0.25) is 6.41 Å². The Balaban J connectivity index is 2.21. The molecule has 0 saturated carbocycles. The fourth-order valence-electron chi connectivity index (χ4n) is 2.17. The Bertz CT molecular complexity index is 350. The highest BCUT2D eigenvalue weighted by Gasteiger charge is 2.31. The lowest BCUT2D eigenvalue weighted by Crippen LogP contribution is -2.18. The third-order valence-electron chi connectivity index (χ3n) is 2.98. The van der Waals surface area contributed by atoms with Gasteiger partial charge in [-0.2, -0.15) is 0 Å². The quantitative estimate of drug-likeness (QED) is 0.586. The van der Waals surface area contributed by atoms with Gasteiger partial charge < -0.3 is 10.3 Å². The third kappa shape index (κ3) is 1.91. The third-order valence-corrected chi connectivity index (χ3v) is 2.98. The molecule has 1 aromatic carbocycles. The van der Waals surface area contributed by atoms with Crippen molar-refractivity contribution in [3.05, 3.63) is 35.9 Å². The van der Waals surface area contributed by atoms with Gasteiger partial charge in [0.1, 0.15) is 0 Å². The summed E-state index contributed by atoms with van der Waals surface area (Å²) in [6.45, 7) is 1.40. The van der Waals surface area contributed by atoms with Crippen molar-refractivity contribution in [3.63, 3.8) is 0 Å². The molecule has 2 unspecified atom stereocenters. The maximum Gasteiger partial charge on any atom is 0.209 e. The zero-order chi connectivity index (χ0) is 10.7. The zero-order valence-corrected chi connectivity index (χ0v) is 8.47. The molecule has 0 bridgehead atoms. The van der Waals surface area contributed by atoms with Crippen LogP contribution in [-0.4, -0.2) is 30.6 Å². The molecule has 1 amide bonds. The normalized spacial score (nSPS) is 25.2. The largest absolute Gasteiger partial charge is 0.344 e. The number of hydrogen-bond donors (Lipinski definition) is 1. The number of benzene rings is 1. The molecule has 2 atom stereocenters. The minimum atomic E-state index is 0.164. The molecular formula is C12H14N2O. The first-order chi connectivity index (χ1) is 7.35. The van der Waals surface area contributed by atoms with Crippen LogP contribution in [-0.2, 0) is 4.79 Å². The molecule has 1 aliphatic heterocycles. The maximum atomic E-state index is 10.7. The van der Waals surface area contributed by atoms with E-state index >= 15 is 0 Å². The molecule has 1 fully saturated rings. The molecule has 0 radical (unpaired) electrons. The highest BCUT2D eigenvalue weighted by atomic mass is 16.1. The number of carbonyl (C=O) groups is 1. The summed E-state index contributed by atoms with van der Waals surface area (Å²) in [5, 5.41) is 7.38. The van der Waals surface area contributed by atoms with Crippen LogP contribution in [0.5, 0.6) is 0 Å². The number of nitrogens with one attached hydrogen (secondary N) is 1. The molecule has 2 rings (SSSR count). The second kappa shape index (κ2) is 4.26. The fraction of sp³-hybridized carbons (Fsp3) is 0.333. The molecule has 78 valence electrons. The first-order valence-electron chi connectivity index (χ1n) is 5.10. The van der Waals surface area contributed by atoms with Crippen molar-refractivity contribution in [2.45, 2.75) is 5.92 Å². The van der Waals surface area contributed by atoms with Crippen molar-refractivity contribution >= 4 is 12.6 Å². The molecule has 3 heteroatoms. The zero-order valence-electron chi connectivity index (χ0n) is 8.47. The van der Waals surface area contributed by atoms with E-state index in [2.05, 4.69) is 12.1 Å². The van der Waals surface area contributed by atoms with E-state index in [1.54, 1.807) is 4.90 Å². The predicted molar refractivity (Wildman–Crippen MR) is 59.1 cm³/mol. The van der Waals surface area contributed by atoms with Crippen LogP contribution < -0.4 is 0 Å². The summed E-state index contributed by atoms with van der Waals surface area (Å²) >= 11 is 0. The van der Waals surface area contributed by atoms with Crippen molar-refractivity contribution in [2.24, 2.45) is 5.92 Å². The smallest absolute Gasteiger partial charge is 0.209 e. The van der Waals surface area contributed by atoms with Gasteiger partial charge in [-0.1, -0.05) is 30.3 Å². The minimum absolute atomic E-state index is 0.164. The van der Waals surface area contributed by atoms with Crippen LogP contribution in [0.1, 0.15) is 11.5 Å². The molecule has 1 saturated heterocycles. The molecule has 0 spiro atoms. The summed E-state index contributed by atoms with van der Waals surface area (Å²) in [6.07, 6.45) is 2.33. The van der Waals surface area contributed by atoms with Crippen LogP contribution in [0.2, 0.25) is 0 Å². The second-order valence-corrected chi connectivity index (χ2v) is 3.91. The van der Waals surface area contributed by atoms with Crippen molar-refractivity contribution < 1.29 is 4.79 Å². The Morgan fingerprint density at radius 3 is 2.60 bits per heavy atom. The first-order valence-corrected chi connectivity index (χ1v) is 5.10. The lowest BCUT2D eigenvalue weighted by molar-refractivity contribution is -0.117. The van der Waals surface area contributed by atoms with Crippen molar-refractivity contribution in [1.29, 1.82) is 5.41 Å². The molecular weight excluding hydrogens is 188 g/mol. The summed E-state index contributed by atoms with van der Waals surface area (Å²) in [5.74, 6) is 0.450. The van der Waals surface area contributed by atoms with Gasteiger partial charge in [-0.25, -0.2) is 0 Å². The van der Waals surface area contributed by atoms with E-state index in [9.17, 15) is 4.79 Å². The highest BCUT2D eigenvalue weighted by Crippen LogP contribution is 2.30. The molecule has 0 aromatic heterocycles. The Hall–Kier alpha value is -1.64.